The summed E-state index contributed by atoms with van der Waals surface area (Å²) in [4.78, 5) is 12.4. The molecule has 2 N–H and O–H groups in total. The van der Waals surface area contributed by atoms with Gasteiger partial charge in [-0.05, 0) is 63.1 Å². The number of fused-ring (bicyclic) bond motifs is 1. The van der Waals surface area contributed by atoms with Gasteiger partial charge in [-0.3, -0.25) is 4.68 Å². The van der Waals surface area contributed by atoms with E-state index in [4.69, 9.17) is 4.74 Å². The van der Waals surface area contributed by atoms with E-state index in [1.807, 2.05) is 25.5 Å². The van der Waals surface area contributed by atoms with Crippen LogP contribution in [0.15, 0.2) is 18.2 Å². The quantitative estimate of drug-likeness (QED) is 0.767. The molecular weight excluding hydrogens is 352 g/mol. The topological polar surface area (TPSA) is 68.2 Å². The van der Waals surface area contributed by atoms with Crippen molar-refractivity contribution in [3.05, 3.63) is 51.8 Å². The van der Waals surface area contributed by atoms with Gasteiger partial charge in [-0.1, -0.05) is 18.2 Å². The van der Waals surface area contributed by atoms with Crippen molar-refractivity contribution in [2.24, 2.45) is 0 Å². The third-order valence-electron chi connectivity index (χ3n) is 5.68. The Bertz CT molecular complexity index is 828. The summed E-state index contributed by atoms with van der Waals surface area (Å²) >= 11 is 0. The molecule has 0 saturated heterocycles. The van der Waals surface area contributed by atoms with Crippen LogP contribution in [-0.2, 0) is 30.7 Å². The summed E-state index contributed by atoms with van der Waals surface area (Å²) in [6.07, 6.45) is 4.86. The zero-order valence-electron chi connectivity index (χ0n) is 17.5. The summed E-state index contributed by atoms with van der Waals surface area (Å²) in [7, 11) is 1.68. The van der Waals surface area contributed by atoms with Gasteiger partial charge < -0.3 is 15.4 Å². The first-order chi connectivity index (χ1) is 13.5. The largest absolute Gasteiger partial charge is 0.383 e. The molecule has 1 atom stereocenters. The van der Waals surface area contributed by atoms with Crippen molar-refractivity contribution >= 4 is 6.03 Å². The predicted molar refractivity (Wildman–Crippen MR) is 110 cm³/mol. The zero-order chi connectivity index (χ0) is 20.1. The van der Waals surface area contributed by atoms with Crippen LogP contribution in [0.5, 0.6) is 0 Å². The number of hydrogen-bond donors (Lipinski definition) is 2. The van der Waals surface area contributed by atoms with Crippen LogP contribution in [0.2, 0.25) is 0 Å². The fraction of sp³-hybridized carbons (Fsp3) is 0.545. The molecule has 1 aromatic heterocycles. The molecule has 6 nitrogen and oxygen atoms in total. The number of aryl methyl sites for hydroxylation is 3. The Labute approximate surface area is 167 Å². The summed E-state index contributed by atoms with van der Waals surface area (Å²) in [5.41, 5.74) is 7.13. The van der Waals surface area contributed by atoms with E-state index in [0.29, 0.717) is 19.7 Å². The number of aromatic nitrogens is 2. The minimum absolute atomic E-state index is 0.0288. The van der Waals surface area contributed by atoms with E-state index in [1.165, 1.54) is 30.4 Å². The van der Waals surface area contributed by atoms with Crippen molar-refractivity contribution in [2.75, 3.05) is 13.7 Å². The van der Waals surface area contributed by atoms with Crippen molar-refractivity contribution in [3.8, 4) is 0 Å². The number of amides is 2. The standard InChI is InChI=1S/C22H32N4O2/c1-15(19-10-9-18-7-5-6-8-20(18)13-19)24-22(27)23-14-21-16(2)25-26(17(21)3)11-12-28-4/h9-10,13,15H,5-8,11-12,14H2,1-4H3,(H2,23,24,27). The Kier molecular flexibility index (Phi) is 6.73. The van der Waals surface area contributed by atoms with Crippen LogP contribution in [-0.4, -0.2) is 29.5 Å². The van der Waals surface area contributed by atoms with Gasteiger partial charge in [-0.15, -0.1) is 0 Å². The van der Waals surface area contributed by atoms with Gasteiger partial charge in [0.05, 0.1) is 24.9 Å². The molecule has 0 spiro atoms. The number of carbonyl (C=O) groups excluding carboxylic acids is 1. The lowest BCUT2D eigenvalue weighted by atomic mass is 9.89. The molecule has 28 heavy (non-hydrogen) atoms. The Morgan fingerprint density at radius 1 is 1.25 bits per heavy atom. The number of nitrogens with one attached hydrogen (secondary N) is 2. The highest BCUT2D eigenvalue weighted by Crippen LogP contribution is 2.24. The van der Waals surface area contributed by atoms with Gasteiger partial charge >= 0.3 is 6.03 Å². The number of benzene rings is 1. The van der Waals surface area contributed by atoms with E-state index in [2.05, 4.69) is 33.9 Å². The Morgan fingerprint density at radius 3 is 2.75 bits per heavy atom. The summed E-state index contributed by atoms with van der Waals surface area (Å²) < 4.78 is 7.06. The minimum Gasteiger partial charge on any atom is -0.383 e. The van der Waals surface area contributed by atoms with Crippen LogP contribution in [0.4, 0.5) is 4.79 Å². The van der Waals surface area contributed by atoms with Crippen LogP contribution >= 0.6 is 0 Å². The predicted octanol–water partition coefficient (Wildman–Crippen LogP) is 3.59. The van der Waals surface area contributed by atoms with Gasteiger partial charge in [0.1, 0.15) is 0 Å². The van der Waals surface area contributed by atoms with E-state index in [-0.39, 0.29) is 12.1 Å². The average Bonchev–Trinajstić information content (AvgIpc) is 2.97. The summed E-state index contributed by atoms with van der Waals surface area (Å²) in [5, 5.41) is 10.6. The molecule has 0 aliphatic heterocycles. The molecule has 0 bridgehead atoms. The lowest BCUT2D eigenvalue weighted by molar-refractivity contribution is 0.182. The van der Waals surface area contributed by atoms with Gasteiger partial charge in [0.2, 0.25) is 0 Å². The van der Waals surface area contributed by atoms with E-state index in [1.54, 1.807) is 7.11 Å². The highest BCUT2D eigenvalue weighted by molar-refractivity contribution is 5.74. The number of nitrogens with zero attached hydrogens (tertiary/aromatic N) is 2. The fourth-order valence-electron chi connectivity index (χ4n) is 3.91. The van der Waals surface area contributed by atoms with Gasteiger partial charge in [-0.25, -0.2) is 4.79 Å². The Balaban J connectivity index is 1.56. The number of rotatable bonds is 7. The third-order valence-corrected chi connectivity index (χ3v) is 5.68. The van der Waals surface area contributed by atoms with E-state index in [9.17, 15) is 4.79 Å². The minimum atomic E-state index is -0.159. The van der Waals surface area contributed by atoms with Gasteiger partial charge in [0, 0.05) is 24.9 Å². The molecule has 0 fully saturated rings. The molecule has 1 heterocycles. The SMILES string of the molecule is COCCn1nc(C)c(CNC(=O)NC(C)c2ccc3c(c2)CCCC3)c1C. The molecule has 1 unspecified atom stereocenters. The van der Waals surface area contributed by atoms with Crippen molar-refractivity contribution < 1.29 is 9.53 Å². The first-order valence-electron chi connectivity index (χ1n) is 10.2. The number of carbonyl (C=O) groups is 1. The number of ether oxygens (including phenoxy) is 1. The molecule has 1 aliphatic carbocycles. The van der Waals surface area contributed by atoms with Crippen molar-refractivity contribution in [1.82, 2.24) is 20.4 Å². The van der Waals surface area contributed by atoms with Crippen molar-refractivity contribution in [1.29, 1.82) is 0 Å². The lowest BCUT2D eigenvalue weighted by Gasteiger charge is -2.20. The van der Waals surface area contributed by atoms with Crippen molar-refractivity contribution in [3.63, 3.8) is 0 Å². The maximum absolute atomic E-state index is 12.4. The molecular formula is C22H32N4O2. The Hall–Kier alpha value is -2.34. The van der Waals surface area contributed by atoms with Crippen LogP contribution in [0.25, 0.3) is 0 Å². The second kappa shape index (κ2) is 9.24. The fourth-order valence-corrected chi connectivity index (χ4v) is 3.91. The summed E-state index contributed by atoms with van der Waals surface area (Å²) in [6, 6.07) is 6.44. The smallest absolute Gasteiger partial charge is 0.315 e. The van der Waals surface area contributed by atoms with Crippen LogP contribution < -0.4 is 10.6 Å². The molecule has 1 aliphatic rings. The summed E-state index contributed by atoms with van der Waals surface area (Å²) in [5.74, 6) is 0. The number of hydrogen-bond acceptors (Lipinski definition) is 3. The highest BCUT2D eigenvalue weighted by atomic mass is 16.5. The molecule has 6 heteroatoms. The molecule has 152 valence electrons. The molecule has 3 rings (SSSR count). The van der Waals surface area contributed by atoms with Crippen LogP contribution in [0.3, 0.4) is 0 Å². The van der Waals surface area contributed by atoms with E-state index in [0.717, 1.165) is 28.9 Å². The highest BCUT2D eigenvalue weighted by Gasteiger charge is 2.16. The maximum atomic E-state index is 12.4. The molecule has 2 aromatic rings. The first-order valence-corrected chi connectivity index (χ1v) is 10.2. The zero-order valence-corrected chi connectivity index (χ0v) is 17.5. The molecule has 0 radical (unpaired) electrons. The van der Waals surface area contributed by atoms with Gasteiger partial charge in [0.15, 0.2) is 0 Å². The van der Waals surface area contributed by atoms with Crippen LogP contribution in [0.1, 0.15) is 59.4 Å². The normalized spacial score (nSPS) is 14.4. The Morgan fingerprint density at radius 2 is 2.00 bits per heavy atom. The number of urea groups is 1. The van der Waals surface area contributed by atoms with Crippen molar-refractivity contribution in [2.45, 2.75) is 65.6 Å². The number of methoxy groups -OCH3 is 1. The third kappa shape index (κ3) is 4.73. The first kappa shape index (κ1) is 20.4. The molecule has 2 amide bonds. The second-order valence-electron chi connectivity index (χ2n) is 7.65. The lowest BCUT2D eigenvalue weighted by Crippen LogP contribution is -2.36. The van der Waals surface area contributed by atoms with Gasteiger partial charge in [0.25, 0.3) is 0 Å². The van der Waals surface area contributed by atoms with Gasteiger partial charge in [-0.2, -0.15) is 5.10 Å². The molecule has 0 saturated carbocycles. The summed E-state index contributed by atoms with van der Waals surface area (Å²) in [6.45, 7) is 7.83. The molecule has 1 aromatic carbocycles. The van der Waals surface area contributed by atoms with Crippen LogP contribution in [0, 0.1) is 13.8 Å². The van der Waals surface area contributed by atoms with E-state index >= 15 is 0 Å². The monoisotopic (exact) mass is 384 g/mol. The second-order valence-corrected chi connectivity index (χ2v) is 7.65. The average molecular weight is 385 g/mol. The van der Waals surface area contributed by atoms with E-state index < -0.39 is 0 Å². The maximum Gasteiger partial charge on any atom is 0.315 e.